The van der Waals surface area contributed by atoms with Gasteiger partial charge in [0.25, 0.3) is 0 Å². The number of hydrogen-bond donors (Lipinski definition) is 2. The van der Waals surface area contributed by atoms with Crippen LogP contribution in [0.2, 0.25) is 0 Å². The van der Waals surface area contributed by atoms with Gasteiger partial charge in [-0.25, -0.2) is 0 Å². The summed E-state index contributed by atoms with van der Waals surface area (Å²) in [6, 6.07) is 0. The van der Waals surface area contributed by atoms with E-state index in [0.29, 0.717) is 19.6 Å². The molecule has 0 spiro atoms. The molecule has 0 bridgehead atoms. The summed E-state index contributed by atoms with van der Waals surface area (Å²) in [6.07, 6.45) is 1.55. The second-order valence-corrected chi connectivity index (χ2v) is 3.80. The highest BCUT2D eigenvalue weighted by Crippen LogP contribution is 2.16. The van der Waals surface area contributed by atoms with E-state index < -0.39 is 0 Å². The summed E-state index contributed by atoms with van der Waals surface area (Å²) in [5.74, 6) is 0.289. The van der Waals surface area contributed by atoms with Crippen LogP contribution in [0.25, 0.3) is 0 Å². The lowest BCUT2D eigenvalue weighted by Crippen LogP contribution is -2.44. The quantitative estimate of drug-likeness (QED) is 0.644. The highest BCUT2D eigenvalue weighted by molar-refractivity contribution is 5.80. The summed E-state index contributed by atoms with van der Waals surface area (Å²) >= 11 is 0. The van der Waals surface area contributed by atoms with Gasteiger partial charge in [0.05, 0.1) is 6.54 Å². The Morgan fingerprint density at radius 2 is 1.87 bits per heavy atom. The fraction of sp³-hybridized carbons (Fsp3) is 0.800. The Bertz CT molecular complexity index is 235. The third kappa shape index (κ3) is 3.20. The largest absolute Gasteiger partial charge is 0.359 e. The van der Waals surface area contributed by atoms with Gasteiger partial charge in [-0.2, -0.15) is 0 Å². The Labute approximate surface area is 90.2 Å². The fourth-order valence-electron chi connectivity index (χ4n) is 1.86. The van der Waals surface area contributed by atoms with Gasteiger partial charge in [-0.3, -0.25) is 9.59 Å². The van der Waals surface area contributed by atoms with Gasteiger partial charge in [-0.05, 0) is 19.9 Å². The summed E-state index contributed by atoms with van der Waals surface area (Å²) in [5.41, 5.74) is 0. The topological polar surface area (TPSA) is 61.4 Å². The van der Waals surface area contributed by atoms with E-state index in [2.05, 4.69) is 10.6 Å². The molecule has 0 saturated carbocycles. The Hall–Kier alpha value is -1.10. The van der Waals surface area contributed by atoms with Crippen molar-refractivity contribution in [1.29, 1.82) is 0 Å². The number of carbonyl (C=O) groups is 2. The molecular formula is C10H19N3O2. The minimum atomic E-state index is 0.0774. The number of piperidine rings is 1. The molecule has 0 aromatic carbocycles. The number of rotatable bonds is 3. The van der Waals surface area contributed by atoms with Crippen LogP contribution in [-0.4, -0.2) is 50.4 Å². The lowest BCUT2D eigenvalue weighted by molar-refractivity contribution is -0.134. The Morgan fingerprint density at radius 3 is 2.33 bits per heavy atom. The van der Waals surface area contributed by atoms with Crippen LogP contribution in [0.15, 0.2) is 0 Å². The smallest absolute Gasteiger partial charge is 0.236 e. The Balaban J connectivity index is 2.35. The second kappa shape index (κ2) is 5.70. The SMILES string of the molecule is CNCC(=O)N1CCC(C(=O)NC)CC1. The Kier molecular flexibility index (Phi) is 4.55. The molecule has 0 atom stereocenters. The molecule has 1 heterocycles. The van der Waals surface area contributed by atoms with Crippen molar-refractivity contribution in [3.8, 4) is 0 Å². The van der Waals surface area contributed by atoms with Crippen molar-refractivity contribution in [3.63, 3.8) is 0 Å². The van der Waals surface area contributed by atoms with Crippen LogP contribution >= 0.6 is 0 Å². The standard InChI is InChI=1S/C10H19N3O2/c1-11-7-9(14)13-5-3-8(4-6-13)10(15)12-2/h8,11H,3-7H2,1-2H3,(H,12,15). The monoisotopic (exact) mass is 213 g/mol. The molecule has 0 aromatic heterocycles. The fourth-order valence-corrected chi connectivity index (χ4v) is 1.86. The maximum atomic E-state index is 11.5. The van der Waals surface area contributed by atoms with Gasteiger partial charge in [0.1, 0.15) is 0 Å². The van der Waals surface area contributed by atoms with E-state index in [0.717, 1.165) is 12.8 Å². The third-order valence-corrected chi connectivity index (χ3v) is 2.79. The molecule has 5 nitrogen and oxygen atoms in total. The molecule has 1 rings (SSSR count). The van der Waals surface area contributed by atoms with Gasteiger partial charge < -0.3 is 15.5 Å². The highest BCUT2D eigenvalue weighted by Gasteiger charge is 2.25. The third-order valence-electron chi connectivity index (χ3n) is 2.79. The first-order valence-corrected chi connectivity index (χ1v) is 5.33. The van der Waals surface area contributed by atoms with E-state index in [1.165, 1.54) is 0 Å². The van der Waals surface area contributed by atoms with Gasteiger partial charge in [0, 0.05) is 26.1 Å². The van der Waals surface area contributed by atoms with Crippen LogP contribution in [0.4, 0.5) is 0 Å². The number of nitrogens with zero attached hydrogens (tertiary/aromatic N) is 1. The first-order valence-electron chi connectivity index (χ1n) is 5.33. The number of likely N-dealkylation sites (tertiary alicyclic amines) is 1. The number of likely N-dealkylation sites (N-methyl/N-ethyl adjacent to an activating group) is 1. The molecule has 0 unspecified atom stereocenters. The van der Waals surface area contributed by atoms with Crippen LogP contribution in [0.5, 0.6) is 0 Å². The van der Waals surface area contributed by atoms with E-state index in [1.807, 2.05) is 4.90 Å². The molecule has 1 aliphatic rings. The average Bonchev–Trinajstić information content (AvgIpc) is 2.28. The van der Waals surface area contributed by atoms with Crippen LogP contribution in [0, 0.1) is 5.92 Å². The van der Waals surface area contributed by atoms with E-state index in [4.69, 9.17) is 0 Å². The van der Waals surface area contributed by atoms with Gasteiger partial charge in [0.15, 0.2) is 0 Å². The minimum Gasteiger partial charge on any atom is -0.359 e. The summed E-state index contributed by atoms with van der Waals surface area (Å²) in [6.45, 7) is 1.77. The van der Waals surface area contributed by atoms with Crippen molar-refractivity contribution in [2.45, 2.75) is 12.8 Å². The van der Waals surface area contributed by atoms with Crippen molar-refractivity contribution in [2.75, 3.05) is 33.7 Å². The maximum Gasteiger partial charge on any atom is 0.236 e. The average molecular weight is 213 g/mol. The molecule has 0 radical (unpaired) electrons. The predicted molar refractivity (Wildman–Crippen MR) is 57.3 cm³/mol. The first kappa shape index (κ1) is 12.0. The van der Waals surface area contributed by atoms with Crippen LogP contribution in [0.1, 0.15) is 12.8 Å². The zero-order valence-electron chi connectivity index (χ0n) is 9.38. The van der Waals surface area contributed by atoms with Crippen molar-refractivity contribution in [1.82, 2.24) is 15.5 Å². The van der Waals surface area contributed by atoms with Crippen molar-refractivity contribution in [2.24, 2.45) is 5.92 Å². The molecule has 15 heavy (non-hydrogen) atoms. The van der Waals surface area contributed by atoms with Gasteiger partial charge >= 0.3 is 0 Å². The van der Waals surface area contributed by atoms with Crippen molar-refractivity contribution >= 4 is 11.8 Å². The van der Waals surface area contributed by atoms with Gasteiger partial charge in [-0.1, -0.05) is 0 Å². The maximum absolute atomic E-state index is 11.5. The molecule has 1 fully saturated rings. The second-order valence-electron chi connectivity index (χ2n) is 3.80. The van der Waals surface area contributed by atoms with Crippen LogP contribution in [-0.2, 0) is 9.59 Å². The molecule has 2 amide bonds. The van der Waals surface area contributed by atoms with Crippen molar-refractivity contribution in [3.05, 3.63) is 0 Å². The van der Waals surface area contributed by atoms with Gasteiger partial charge in [0.2, 0.25) is 11.8 Å². The van der Waals surface area contributed by atoms with Crippen LogP contribution in [0.3, 0.4) is 0 Å². The summed E-state index contributed by atoms with van der Waals surface area (Å²) in [7, 11) is 3.41. The molecule has 1 saturated heterocycles. The summed E-state index contributed by atoms with van der Waals surface area (Å²) < 4.78 is 0. The molecule has 0 aromatic rings. The van der Waals surface area contributed by atoms with E-state index >= 15 is 0 Å². The molecule has 1 aliphatic heterocycles. The number of carbonyl (C=O) groups excluding carboxylic acids is 2. The normalized spacial score (nSPS) is 17.6. The molecule has 5 heteroatoms. The minimum absolute atomic E-state index is 0.0774. The molecular weight excluding hydrogens is 194 g/mol. The number of amides is 2. The molecule has 86 valence electrons. The summed E-state index contributed by atoms with van der Waals surface area (Å²) in [4.78, 5) is 24.7. The van der Waals surface area contributed by atoms with Crippen LogP contribution < -0.4 is 10.6 Å². The van der Waals surface area contributed by atoms with E-state index in [9.17, 15) is 9.59 Å². The lowest BCUT2D eigenvalue weighted by atomic mass is 9.96. The highest BCUT2D eigenvalue weighted by atomic mass is 16.2. The van der Waals surface area contributed by atoms with E-state index in [-0.39, 0.29) is 17.7 Å². The first-order chi connectivity index (χ1) is 7.19. The van der Waals surface area contributed by atoms with Gasteiger partial charge in [-0.15, -0.1) is 0 Å². The number of nitrogens with one attached hydrogen (secondary N) is 2. The lowest BCUT2D eigenvalue weighted by Gasteiger charge is -2.31. The zero-order valence-corrected chi connectivity index (χ0v) is 9.38. The molecule has 2 N–H and O–H groups in total. The molecule has 0 aliphatic carbocycles. The summed E-state index contributed by atoms with van der Waals surface area (Å²) in [5, 5.41) is 5.49. The van der Waals surface area contributed by atoms with Crippen molar-refractivity contribution < 1.29 is 9.59 Å². The Morgan fingerprint density at radius 1 is 1.27 bits per heavy atom. The zero-order chi connectivity index (χ0) is 11.3. The van der Waals surface area contributed by atoms with E-state index in [1.54, 1.807) is 14.1 Å². The number of hydrogen-bond acceptors (Lipinski definition) is 3. The predicted octanol–water partition coefficient (Wildman–Crippen LogP) is -0.810.